The van der Waals surface area contributed by atoms with Crippen LogP contribution in [0.4, 0.5) is 0 Å². The van der Waals surface area contributed by atoms with Crippen LogP contribution in [0.2, 0.25) is 44.6 Å². The second kappa shape index (κ2) is 0.513. The summed E-state index contributed by atoms with van der Waals surface area (Å²) in [6.45, 7) is 16.5. The normalized spacial score (nSPS) is 138. The van der Waals surface area contributed by atoms with Gasteiger partial charge >= 0.3 is 99.6 Å². The molecule has 10 aliphatic rings. The third kappa shape index (κ3) is 0.0453. The zero-order valence-electron chi connectivity index (χ0n) is 12.6. The Morgan fingerprint density at radius 2 is 0.944 bits per heavy atom. The SMILES string of the molecule is C[C]12[CH]3[CH]4[C]5(C)[C]1(C)[Fe]34251678[CH]2[C]1(C)[C]6(C)[C]7(C)[C]28C. The molecule has 10 saturated heterocycles. The zero-order chi connectivity index (χ0) is 12.5. The van der Waals surface area contributed by atoms with Gasteiger partial charge in [0.05, 0.1) is 0 Å². The van der Waals surface area contributed by atoms with Crippen molar-refractivity contribution in [3.63, 3.8) is 0 Å². The molecule has 100 valence electrons. The van der Waals surface area contributed by atoms with Crippen LogP contribution < -0.4 is 0 Å². The van der Waals surface area contributed by atoms with E-state index in [9.17, 15) is 0 Å². The van der Waals surface area contributed by atoms with Crippen LogP contribution in [-0.4, -0.2) is 0 Å². The van der Waals surface area contributed by atoms with Crippen LogP contribution >= 0.6 is 0 Å². The standard InChI is InChI=1S/C9H13.C8H11.Fe/c1-6-5-7(2)9(4)8(6)3;1-6-4-5-7(2)8(6)3;/h5H,1-4H3;4-5H,1-3H3;. The van der Waals surface area contributed by atoms with Crippen molar-refractivity contribution in [1.82, 2.24) is 0 Å². The van der Waals surface area contributed by atoms with Crippen LogP contribution in [-0.2, 0) is 6.51 Å². The van der Waals surface area contributed by atoms with Crippen LogP contribution in [0.25, 0.3) is 0 Å². The molecular weight excluding hydrogens is 260 g/mol. The summed E-state index contributed by atoms with van der Waals surface area (Å²) in [6.07, 6.45) is 0. The Bertz CT molecular complexity index is 1080. The van der Waals surface area contributed by atoms with Crippen molar-refractivity contribution in [3.8, 4) is 0 Å². The van der Waals surface area contributed by atoms with Crippen LogP contribution in [0.15, 0.2) is 0 Å². The first-order chi connectivity index (χ1) is 7.89. The Balaban J connectivity index is 1.95. The van der Waals surface area contributed by atoms with Crippen molar-refractivity contribution in [2.75, 3.05) is 0 Å². The summed E-state index contributed by atoms with van der Waals surface area (Å²) in [5.74, 6) is 0. The third-order valence-electron chi connectivity index (χ3n) is 21.2. The molecule has 10 heterocycles. The number of hydrogen-bond donors (Lipinski definition) is 0. The van der Waals surface area contributed by atoms with E-state index < -0.39 is 6.51 Å². The maximum absolute atomic E-state index is 3.46. The molecule has 10 rings (SSSR count). The van der Waals surface area contributed by atoms with Gasteiger partial charge in [-0.25, -0.2) is 0 Å². The molecule has 0 radical (unpaired) electrons. The van der Waals surface area contributed by atoms with E-state index in [0.29, 0.717) is 0 Å². The summed E-state index contributed by atoms with van der Waals surface area (Å²) in [6, 6.07) is 0. The predicted octanol–water partition coefficient (Wildman–Crippen LogP) is 6.11. The Morgan fingerprint density at radius 3 is 0.944 bits per heavy atom. The number of fused-ring (bicyclic) bond motifs is 10. The molecule has 0 bridgehead atoms. The fraction of sp³-hybridized carbons (Fsp3) is 1.00. The van der Waals surface area contributed by atoms with Crippen LogP contribution in [0.5, 0.6) is 0 Å². The second-order valence-electron chi connectivity index (χ2n) is 12.6. The van der Waals surface area contributed by atoms with E-state index in [1.54, 1.807) is 0 Å². The maximum atomic E-state index is 2.86. The van der Waals surface area contributed by atoms with E-state index in [0.717, 1.165) is 30.2 Å². The monoisotopic (exact) mass is 284 g/mol. The van der Waals surface area contributed by atoms with Crippen molar-refractivity contribution in [3.05, 3.63) is 0 Å². The molecule has 10 aliphatic heterocycles. The molecule has 1 heteroatoms. The molecule has 0 amide bonds. The van der Waals surface area contributed by atoms with Gasteiger partial charge in [0.25, 0.3) is 0 Å². The van der Waals surface area contributed by atoms with Gasteiger partial charge in [0.2, 0.25) is 0 Å². The van der Waals surface area contributed by atoms with E-state index in [1.807, 2.05) is 0 Å². The van der Waals surface area contributed by atoms with Crippen LogP contribution in [0.1, 0.15) is 48.5 Å². The van der Waals surface area contributed by atoms with Gasteiger partial charge in [0.15, 0.2) is 0 Å². The first kappa shape index (κ1) is 7.51. The van der Waals surface area contributed by atoms with Gasteiger partial charge in [-0.1, -0.05) is 0 Å². The van der Waals surface area contributed by atoms with Gasteiger partial charge in [-0.3, -0.25) is 0 Å². The minimum atomic E-state index is -3.46. The molecule has 0 aromatic heterocycles. The third-order valence-corrected chi connectivity index (χ3v) is 74.9. The van der Waals surface area contributed by atoms with Gasteiger partial charge in [-0.15, -0.1) is 0 Å². The van der Waals surface area contributed by atoms with E-state index >= 15 is 0 Å². The fourth-order valence-corrected chi connectivity index (χ4v) is 121. The summed E-state index contributed by atoms with van der Waals surface area (Å²) in [4.78, 5) is 4.01. The van der Waals surface area contributed by atoms with Crippen molar-refractivity contribution >= 4 is 0 Å². The quantitative estimate of drug-likeness (QED) is 0.471. The molecule has 0 saturated carbocycles. The van der Waals surface area contributed by atoms with E-state index in [4.69, 9.17) is 0 Å². The summed E-state index contributed by atoms with van der Waals surface area (Å²) in [7, 11) is 0. The summed E-state index contributed by atoms with van der Waals surface area (Å²) in [5, 5.41) is 0. The molecule has 0 aliphatic carbocycles. The first-order valence-corrected chi connectivity index (χ1v) is 13.9. The average Bonchev–Trinajstić information content (AvgIpc) is 3.27. The summed E-state index contributed by atoms with van der Waals surface area (Å²) >= 11 is 0. The van der Waals surface area contributed by atoms with Gasteiger partial charge in [-0.2, -0.15) is 0 Å². The van der Waals surface area contributed by atoms with Crippen molar-refractivity contribution < 1.29 is 6.51 Å². The zero-order valence-corrected chi connectivity index (χ0v) is 13.7. The Hall–Kier alpha value is 0.519. The van der Waals surface area contributed by atoms with Gasteiger partial charge in [-0.05, 0) is 0 Å². The number of rotatable bonds is 0. The molecule has 0 aromatic rings. The molecule has 0 aromatic carbocycles. The molecule has 0 nitrogen and oxygen atoms in total. The fourth-order valence-electron chi connectivity index (χ4n) is 26.5. The van der Waals surface area contributed by atoms with Gasteiger partial charge < -0.3 is 0 Å². The van der Waals surface area contributed by atoms with Crippen molar-refractivity contribution in [2.24, 2.45) is 0 Å². The van der Waals surface area contributed by atoms with Crippen molar-refractivity contribution in [1.29, 1.82) is 0 Å². The molecular formula is C17H24Fe. The first-order valence-electron chi connectivity index (χ1n) is 8.09. The molecule has 0 N–H and O–H groups in total. The van der Waals surface area contributed by atoms with Crippen LogP contribution in [0.3, 0.4) is 0 Å². The Kier molecular flexibility index (Phi) is 0.214. The average molecular weight is 284 g/mol. The molecule has 8 atom stereocenters. The predicted molar refractivity (Wildman–Crippen MR) is 69.8 cm³/mol. The Labute approximate surface area is 99.6 Å². The van der Waals surface area contributed by atoms with E-state index in [-0.39, 0.29) is 0 Å². The molecule has 8 unspecified atom stereocenters. The topological polar surface area (TPSA) is 0 Å². The van der Waals surface area contributed by atoms with E-state index in [1.165, 1.54) is 14.4 Å². The summed E-state index contributed by atoms with van der Waals surface area (Å²) < 4.78 is 6.53. The van der Waals surface area contributed by atoms with Crippen LogP contribution in [0, 0.1) is 0 Å². The van der Waals surface area contributed by atoms with Crippen molar-refractivity contribution in [2.45, 2.75) is 93.1 Å². The number of hydrogen-bond acceptors (Lipinski definition) is 0. The summed E-state index contributed by atoms with van der Waals surface area (Å²) in [5.41, 5.74) is 0. The molecule has 1 spiro atoms. The van der Waals surface area contributed by atoms with E-state index in [2.05, 4.69) is 48.5 Å². The Morgan fingerprint density at radius 1 is 0.556 bits per heavy atom. The minimum absolute atomic E-state index is 0.918. The second-order valence-corrected chi connectivity index (χ2v) is 36.1. The molecule has 18 heavy (non-hydrogen) atoms. The molecule has 10 fully saturated rings. The van der Waals surface area contributed by atoms with Gasteiger partial charge in [0, 0.05) is 0 Å². The van der Waals surface area contributed by atoms with Gasteiger partial charge in [0.1, 0.15) is 0 Å².